The highest BCUT2D eigenvalue weighted by atomic mass is 35.5. The smallest absolute Gasteiger partial charge is 0.236 e. The first kappa shape index (κ1) is 26.2. The van der Waals surface area contributed by atoms with Crippen molar-refractivity contribution in [2.75, 3.05) is 11.1 Å². The number of carbonyl (C=O) groups excluding carboxylic acids is 1. The third-order valence-electron chi connectivity index (χ3n) is 5.77. The van der Waals surface area contributed by atoms with Gasteiger partial charge in [-0.05, 0) is 75.1 Å². The number of thiazole rings is 1. The minimum Gasteiger partial charge on any atom is -0.486 e. The molecule has 4 rings (SSSR count). The Kier molecular flexibility index (Phi) is 8.33. The number of aromatic nitrogens is 4. The number of anilines is 1. The van der Waals surface area contributed by atoms with Crippen LogP contribution < -0.4 is 10.1 Å². The Balaban J connectivity index is 1.34. The fraction of sp³-hybridized carbons (Fsp3) is 0.308. The number of rotatable bonds is 9. The zero-order valence-electron chi connectivity index (χ0n) is 20.9. The maximum Gasteiger partial charge on any atom is 0.236 e. The van der Waals surface area contributed by atoms with Gasteiger partial charge in [-0.25, -0.2) is 4.98 Å². The van der Waals surface area contributed by atoms with Gasteiger partial charge in [0, 0.05) is 22.5 Å². The molecule has 2 aromatic heterocycles. The third-order valence-corrected chi connectivity index (χ3v) is 8.09. The summed E-state index contributed by atoms with van der Waals surface area (Å²) in [6.45, 7) is 11.0. The van der Waals surface area contributed by atoms with E-state index >= 15 is 0 Å². The normalized spacial score (nSPS) is 11.1. The van der Waals surface area contributed by atoms with Gasteiger partial charge in [0.05, 0.1) is 11.4 Å². The van der Waals surface area contributed by atoms with Gasteiger partial charge in [-0.2, -0.15) is 0 Å². The molecule has 1 N–H and O–H groups in total. The van der Waals surface area contributed by atoms with Crippen molar-refractivity contribution in [1.82, 2.24) is 19.7 Å². The van der Waals surface area contributed by atoms with Crippen LogP contribution in [0.1, 0.15) is 35.0 Å². The summed E-state index contributed by atoms with van der Waals surface area (Å²) < 4.78 is 7.90. The lowest BCUT2D eigenvalue weighted by Gasteiger charge is -2.11. The summed E-state index contributed by atoms with van der Waals surface area (Å²) in [7, 11) is 0. The predicted octanol–water partition coefficient (Wildman–Crippen LogP) is 6.62. The zero-order valence-corrected chi connectivity index (χ0v) is 23.3. The van der Waals surface area contributed by atoms with Gasteiger partial charge in [0.15, 0.2) is 16.1 Å². The third kappa shape index (κ3) is 6.08. The Morgan fingerprint density at radius 3 is 2.53 bits per heavy atom. The van der Waals surface area contributed by atoms with E-state index in [1.165, 1.54) is 34.2 Å². The van der Waals surface area contributed by atoms with E-state index in [0.717, 1.165) is 33.2 Å². The van der Waals surface area contributed by atoms with Gasteiger partial charge in [-0.15, -0.1) is 21.5 Å². The van der Waals surface area contributed by atoms with Gasteiger partial charge in [0.25, 0.3) is 0 Å². The van der Waals surface area contributed by atoms with E-state index in [9.17, 15) is 4.79 Å². The second-order valence-corrected chi connectivity index (χ2v) is 10.7. The Hall–Kier alpha value is -2.88. The second kappa shape index (κ2) is 11.5. The lowest BCUT2D eigenvalue weighted by Crippen LogP contribution is -2.14. The molecule has 36 heavy (non-hydrogen) atoms. The molecule has 2 aromatic carbocycles. The summed E-state index contributed by atoms with van der Waals surface area (Å²) in [6, 6.07) is 10.1. The Morgan fingerprint density at radius 1 is 1.08 bits per heavy atom. The van der Waals surface area contributed by atoms with E-state index in [-0.39, 0.29) is 18.3 Å². The summed E-state index contributed by atoms with van der Waals surface area (Å²) in [4.78, 5) is 17.2. The molecule has 2 heterocycles. The number of benzene rings is 2. The van der Waals surface area contributed by atoms with Gasteiger partial charge in [0.2, 0.25) is 5.91 Å². The van der Waals surface area contributed by atoms with Crippen LogP contribution in [0.4, 0.5) is 5.13 Å². The van der Waals surface area contributed by atoms with Gasteiger partial charge < -0.3 is 14.6 Å². The summed E-state index contributed by atoms with van der Waals surface area (Å²) >= 11 is 9.00. The molecule has 0 fully saturated rings. The molecular formula is C26H28ClN5O2S2. The molecular weight excluding hydrogens is 514 g/mol. The van der Waals surface area contributed by atoms with E-state index in [2.05, 4.69) is 46.5 Å². The van der Waals surface area contributed by atoms with Crippen LogP contribution in [0.2, 0.25) is 5.02 Å². The molecule has 0 aliphatic carbocycles. The number of aryl methyl sites for hydroxylation is 4. The molecule has 0 radical (unpaired) electrons. The molecule has 1 amide bonds. The number of hydrogen-bond donors (Lipinski definition) is 1. The summed E-state index contributed by atoms with van der Waals surface area (Å²) in [6.07, 6.45) is 0. The Morgan fingerprint density at radius 2 is 1.83 bits per heavy atom. The van der Waals surface area contributed by atoms with E-state index in [1.807, 2.05) is 48.9 Å². The molecule has 10 heteroatoms. The monoisotopic (exact) mass is 541 g/mol. The SMILES string of the molecule is CCn1c(COc2cc(C)c(Cl)c(C)c2)nnc1SCC(=O)Nc1nc(-c2ccc(C)c(C)c2)cs1. The van der Waals surface area contributed by atoms with Crippen molar-refractivity contribution in [3.8, 4) is 17.0 Å². The lowest BCUT2D eigenvalue weighted by atomic mass is 10.1. The van der Waals surface area contributed by atoms with Crippen molar-refractivity contribution in [3.05, 3.63) is 68.8 Å². The topological polar surface area (TPSA) is 81.9 Å². The molecule has 188 valence electrons. The molecule has 7 nitrogen and oxygen atoms in total. The molecule has 0 saturated carbocycles. The van der Waals surface area contributed by atoms with Crippen LogP contribution in [0.15, 0.2) is 40.9 Å². The van der Waals surface area contributed by atoms with Crippen LogP contribution in [0.3, 0.4) is 0 Å². The highest BCUT2D eigenvalue weighted by Crippen LogP contribution is 2.28. The van der Waals surface area contributed by atoms with Crippen LogP contribution in [0.25, 0.3) is 11.3 Å². The van der Waals surface area contributed by atoms with Crippen molar-refractivity contribution < 1.29 is 9.53 Å². The Bertz CT molecular complexity index is 1380. The van der Waals surface area contributed by atoms with E-state index in [4.69, 9.17) is 16.3 Å². The second-order valence-electron chi connectivity index (χ2n) is 8.48. The molecule has 0 spiro atoms. The molecule has 0 atom stereocenters. The number of nitrogens with zero attached hydrogens (tertiary/aromatic N) is 4. The predicted molar refractivity (Wildman–Crippen MR) is 147 cm³/mol. The van der Waals surface area contributed by atoms with Gasteiger partial charge in [-0.3, -0.25) is 4.79 Å². The Labute approximate surface area is 224 Å². The number of ether oxygens (including phenoxy) is 1. The maximum atomic E-state index is 12.6. The number of hydrogen-bond acceptors (Lipinski definition) is 7. The van der Waals surface area contributed by atoms with Gasteiger partial charge >= 0.3 is 0 Å². The number of carbonyl (C=O) groups is 1. The minimum absolute atomic E-state index is 0.142. The van der Waals surface area contributed by atoms with Gasteiger partial charge in [0.1, 0.15) is 12.4 Å². The van der Waals surface area contributed by atoms with Gasteiger partial charge in [-0.1, -0.05) is 35.5 Å². The average molecular weight is 542 g/mol. The van der Waals surface area contributed by atoms with Crippen LogP contribution in [0, 0.1) is 27.7 Å². The molecule has 4 aromatic rings. The lowest BCUT2D eigenvalue weighted by molar-refractivity contribution is -0.113. The quantitative estimate of drug-likeness (QED) is 0.240. The van der Waals surface area contributed by atoms with Crippen molar-refractivity contribution in [2.45, 2.75) is 52.9 Å². The van der Waals surface area contributed by atoms with Crippen molar-refractivity contribution >= 4 is 45.7 Å². The molecule has 0 aliphatic heterocycles. The number of amides is 1. The molecule has 0 saturated heterocycles. The average Bonchev–Trinajstić information content (AvgIpc) is 3.48. The van der Waals surface area contributed by atoms with Crippen LogP contribution >= 0.6 is 34.7 Å². The first-order valence-electron chi connectivity index (χ1n) is 11.5. The van der Waals surface area contributed by atoms with Crippen molar-refractivity contribution in [2.24, 2.45) is 0 Å². The largest absolute Gasteiger partial charge is 0.486 e. The highest BCUT2D eigenvalue weighted by Gasteiger charge is 2.15. The summed E-state index contributed by atoms with van der Waals surface area (Å²) in [5.74, 6) is 1.49. The van der Waals surface area contributed by atoms with Crippen LogP contribution in [-0.4, -0.2) is 31.4 Å². The highest BCUT2D eigenvalue weighted by molar-refractivity contribution is 7.99. The molecule has 0 bridgehead atoms. The first-order valence-corrected chi connectivity index (χ1v) is 13.8. The minimum atomic E-state index is -0.142. The zero-order chi connectivity index (χ0) is 25.8. The van der Waals surface area contributed by atoms with Crippen LogP contribution in [-0.2, 0) is 17.9 Å². The standard InChI is InChI=1S/C26H28ClN5O2S2/c1-6-32-22(12-34-20-10-17(4)24(27)18(5)11-20)30-31-26(32)36-14-23(33)29-25-28-21(13-35-25)19-8-7-15(2)16(3)9-19/h7-11,13H,6,12,14H2,1-5H3,(H,28,29,33). The summed E-state index contributed by atoms with van der Waals surface area (Å²) in [5, 5.41) is 15.4. The van der Waals surface area contributed by atoms with Crippen molar-refractivity contribution in [1.29, 1.82) is 0 Å². The van der Waals surface area contributed by atoms with E-state index in [0.29, 0.717) is 22.7 Å². The van der Waals surface area contributed by atoms with Crippen LogP contribution in [0.5, 0.6) is 5.75 Å². The van der Waals surface area contributed by atoms with E-state index in [1.54, 1.807) is 0 Å². The fourth-order valence-corrected chi connectivity index (χ4v) is 5.30. The van der Waals surface area contributed by atoms with Crippen molar-refractivity contribution in [3.63, 3.8) is 0 Å². The van der Waals surface area contributed by atoms with E-state index < -0.39 is 0 Å². The molecule has 0 aliphatic rings. The maximum absolute atomic E-state index is 12.6. The fourth-order valence-electron chi connectivity index (χ4n) is 3.64. The summed E-state index contributed by atoms with van der Waals surface area (Å²) in [5.41, 5.74) is 6.28. The number of thioether (sulfide) groups is 1. The number of nitrogens with one attached hydrogen (secondary N) is 1. The molecule has 0 unspecified atom stereocenters. The first-order chi connectivity index (χ1) is 17.2. The number of halogens is 1.